The van der Waals surface area contributed by atoms with Crippen LogP contribution in [0.1, 0.15) is 108 Å². The molecule has 15 nitrogen and oxygen atoms in total. The van der Waals surface area contributed by atoms with Crippen molar-refractivity contribution in [2.45, 2.75) is 76.5 Å². The second kappa shape index (κ2) is 19.7. The number of aromatic amines is 1. The Hall–Kier alpha value is -6.09. The topological polar surface area (TPSA) is 201 Å². The number of aromatic hydroxyl groups is 2. The number of allylic oxidation sites excluding steroid dienone is 1. The van der Waals surface area contributed by atoms with E-state index < -0.39 is 35.7 Å². The number of phenols is 2. The summed E-state index contributed by atoms with van der Waals surface area (Å²) in [5, 5.41) is 34.1. The highest BCUT2D eigenvalue weighted by Crippen LogP contribution is 2.48. The molecule has 5 rings (SSSR count). The third kappa shape index (κ3) is 10.2. The lowest BCUT2D eigenvalue weighted by atomic mass is 9.84. The summed E-state index contributed by atoms with van der Waals surface area (Å²) >= 11 is 0. The lowest BCUT2D eigenvalue weighted by Crippen LogP contribution is -2.31. The average Bonchev–Trinajstić information content (AvgIpc) is 3.66. The highest BCUT2D eigenvalue weighted by atomic mass is 16.5. The zero-order chi connectivity index (χ0) is 41.1. The van der Waals surface area contributed by atoms with Crippen molar-refractivity contribution in [3.8, 4) is 34.5 Å². The predicted octanol–water partition coefficient (Wildman–Crippen LogP) is 6.31. The number of amides is 1. The van der Waals surface area contributed by atoms with Crippen molar-refractivity contribution in [3.63, 3.8) is 0 Å². The van der Waals surface area contributed by atoms with Crippen LogP contribution in [-0.2, 0) is 25.7 Å². The quantitative estimate of drug-likeness (QED) is 0.110. The Morgan fingerprint density at radius 1 is 0.947 bits per heavy atom. The van der Waals surface area contributed by atoms with E-state index >= 15 is 0 Å². The van der Waals surface area contributed by atoms with Gasteiger partial charge < -0.3 is 44.0 Å². The normalized spacial score (nSPS) is 16.1. The van der Waals surface area contributed by atoms with E-state index in [1.165, 1.54) is 34.5 Å². The molecule has 15 heteroatoms. The molecule has 3 atom stereocenters. The van der Waals surface area contributed by atoms with Crippen LogP contribution in [0.3, 0.4) is 0 Å². The molecule has 0 saturated carbocycles. The van der Waals surface area contributed by atoms with E-state index in [1.807, 2.05) is 0 Å². The second-order valence-electron chi connectivity index (χ2n) is 13.6. The molecule has 3 aromatic carbocycles. The van der Waals surface area contributed by atoms with E-state index in [0.717, 1.165) is 0 Å². The molecule has 0 aliphatic carbocycles. The highest BCUT2D eigenvalue weighted by molar-refractivity contribution is 5.98. The second-order valence-corrected chi connectivity index (χ2v) is 13.6. The number of H-pyrrole nitrogens is 1. The maximum absolute atomic E-state index is 14.4. The number of aromatic nitrogens is 3. The van der Waals surface area contributed by atoms with Gasteiger partial charge in [-0.15, -0.1) is 0 Å². The van der Waals surface area contributed by atoms with Gasteiger partial charge in [0.1, 0.15) is 41.2 Å². The number of fused-ring (bicyclic) bond motifs is 1. The van der Waals surface area contributed by atoms with Crippen molar-refractivity contribution >= 4 is 23.7 Å². The Morgan fingerprint density at radius 3 is 2.30 bits per heavy atom. The van der Waals surface area contributed by atoms with Crippen LogP contribution >= 0.6 is 0 Å². The number of carbonyl (C=O) groups is 3. The Morgan fingerprint density at radius 2 is 1.65 bits per heavy atom. The number of ether oxygens (including phenoxy) is 6. The lowest BCUT2D eigenvalue weighted by Gasteiger charge is -2.25. The molecule has 0 bridgehead atoms. The van der Waals surface area contributed by atoms with Crippen LogP contribution in [0.2, 0.25) is 0 Å². The number of nitrogens with one attached hydrogen (secondary N) is 2. The number of phenolic OH excluding ortho intramolecular Hbond substituents is 2. The summed E-state index contributed by atoms with van der Waals surface area (Å²) in [6.07, 6.45) is 5.36. The maximum Gasteiger partial charge on any atom is 0.342 e. The standard InChI is InChI=1S/C42H50N4O11/c1-24-11-10-14-28(47)13-9-7-8-12-26-19-31(48)37(39(50)36(26)42(51)57-24)30(27-20-32(54-4)40(56-6)33(21-27)55-5)22-35(49)44-38(25-15-17-29(53-3)18-16-25)41-43-34(23-52-2)45-46-41/h8,12,15-21,24,30,38,48,50H,7,9-11,13-14,22-23H2,1-6H3,(H,44,49)(H,43,45,46)/t24-,30?,38?/m0/s1. The Kier molecular flexibility index (Phi) is 14.5. The van der Waals surface area contributed by atoms with E-state index in [0.29, 0.717) is 61.2 Å². The fourth-order valence-electron chi connectivity index (χ4n) is 6.85. The van der Waals surface area contributed by atoms with Gasteiger partial charge in [0.05, 0.1) is 34.5 Å². The summed E-state index contributed by atoms with van der Waals surface area (Å²) in [6, 6.07) is 10.8. The van der Waals surface area contributed by atoms with Gasteiger partial charge in [-0.1, -0.05) is 24.3 Å². The third-order valence-corrected chi connectivity index (χ3v) is 9.72. The van der Waals surface area contributed by atoms with Gasteiger partial charge in [-0.25, -0.2) is 9.78 Å². The smallest absolute Gasteiger partial charge is 0.342 e. The van der Waals surface area contributed by atoms with Gasteiger partial charge in [-0.3, -0.25) is 14.7 Å². The van der Waals surface area contributed by atoms with Crippen LogP contribution in [-0.4, -0.2) is 84.7 Å². The molecule has 4 aromatic rings. The molecule has 1 aliphatic rings. The Balaban J connectivity index is 1.64. The van der Waals surface area contributed by atoms with Crippen molar-refractivity contribution in [1.29, 1.82) is 0 Å². The molecule has 2 unspecified atom stereocenters. The van der Waals surface area contributed by atoms with Gasteiger partial charge in [0.15, 0.2) is 23.1 Å². The molecule has 57 heavy (non-hydrogen) atoms. The molecule has 1 aliphatic heterocycles. The van der Waals surface area contributed by atoms with Crippen molar-refractivity contribution in [1.82, 2.24) is 20.5 Å². The number of ketones is 1. The first-order chi connectivity index (χ1) is 27.5. The summed E-state index contributed by atoms with van der Waals surface area (Å²) < 4.78 is 33.2. The van der Waals surface area contributed by atoms with Crippen LogP contribution < -0.4 is 24.3 Å². The predicted molar refractivity (Wildman–Crippen MR) is 209 cm³/mol. The van der Waals surface area contributed by atoms with Crippen molar-refractivity contribution < 1.29 is 53.0 Å². The number of hydrogen-bond acceptors (Lipinski definition) is 13. The van der Waals surface area contributed by atoms with E-state index in [9.17, 15) is 24.6 Å². The zero-order valence-corrected chi connectivity index (χ0v) is 33.0. The van der Waals surface area contributed by atoms with Gasteiger partial charge in [0, 0.05) is 37.9 Å². The van der Waals surface area contributed by atoms with E-state index in [2.05, 4.69) is 20.5 Å². The number of Topliss-reactive ketones (excluding diaryl/α,β-unsaturated/α-hetero) is 1. The van der Waals surface area contributed by atoms with Crippen molar-refractivity contribution in [3.05, 3.63) is 88.0 Å². The largest absolute Gasteiger partial charge is 0.507 e. The molecule has 2 heterocycles. The monoisotopic (exact) mass is 786 g/mol. The first kappa shape index (κ1) is 42.1. The van der Waals surface area contributed by atoms with E-state index in [4.69, 9.17) is 28.4 Å². The molecule has 304 valence electrons. The number of cyclic esters (lactones) is 1. The summed E-state index contributed by atoms with van der Waals surface area (Å²) in [6.45, 7) is 1.88. The lowest BCUT2D eigenvalue weighted by molar-refractivity contribution is -0.122. The summed E-state index contributed by atoms with van der Waals surface area (Å²) in [5.74, 6) is -1.16. The first-order valence-electron chi connectivity index (χ1n) is 18.6. The minimum absolute atomic E-state index is 0.107. The fraction of sp³-hybridized carbons (Fsp3) is 0.405. The average molecular weight is 787 g/mol. The molecule has 0 radical (unpaired) electrons. The number of carbonyl (C=O) groups excluding carboxylic acids is 3. The minimum Gasteiger partial charge on any atom is -0.507 e. The van der Waals surface area contributed by atoms with Crippen LogP contribution in [0.5, 0.6) is 34.5 Å². The van der Waals surface area contributed by atoms with Gasteiger partial charge in [0.2, 0.25) is 11.7 Å². The number of esters is 1. The van der Waals surface area contributed by atoms with Gasteiger partial charge in [-0.05, 0) is 79.6 Å². The Bertz CT molecular complexity index is 2040. The van der Waals surface area contributed by atoms with E-state index in [1.54, 1.807) is 62.6 Å². The zero-order valence-electron chi connectivity index (χ0n) is 33.0. The fourth-order valence-corrected chi connectivity index (χ4v) is 6.85. The van der Waals surface area contributed by atoms with Gasteiger partial charge in [0.25, 0.3) is 0 Å². The number of hydrogen-bond donors (Lipinski definition) is 4. The molecule has 0 spiro atoms. The molecule has 0 fully saturated rings. The molecular formula is C42H50N4O11. The minimum atomic E-state index is -1.11. The number of rotatable bonds is 13. The van der Waals surface area contributed by atoms with Crippen molar-refractivity contribution in [2.75, 3.05) is 35.5 Å². The molecule has 1 aromatic heterocycles. The van der Waals surface area contributed by atoms with Crippen LogP contribution in [0.25, 0.3) is 6.08 Å². The molecule has 0 saturated heterocycles. The van der Waals surface area contributed by atoms with Crippen LogP contribution in [0, 0.1) is 0 Å². The first-order valence-corrected chi connectivity index (χ1v) is 18.6. The van der Waals surface area contributed by atoms with E-state index in [-0.39, 0.29) is 64.3 Å². The van der Waals surface area contributed by atoms with Crippen LogP contribution in [0.4, 0.5) is 0 Å². The van der Waals surface area contributed by atoms with Crippen LogP contribution in [0.15, 0.2) is 48.5 Å². The summed E-state index contributed by atoms with van der Waals surface area (Å²) in [5.41, 5.74) is 0.942. The summed E-state index contributed by atoms with van der Waals surface area (Å²) in [4.78, 5) is 45.2. The highest BCUT2D eigenvalue weighted by Gasteiger charge is 2.33. The molecule has 4 N–H and O–H groups in total. The number of benzene rings is 3. The molecule has 1 amide bonds. The third-order valence-electron chi connectivity index (χ3n) is 9.72. The van der Waals surface area contributed by atoms with Gasteiger partial charge in [-0.2, -0.15) is 5.10 Å². The molecular weight excluding hydrogens is 736 g/mol. The van der Waals surface area contributed by atoms with Crippen molar-refractivity contribution in [2.24, 2.45) is 0 Å². The Labute approximate surface area is 331 Å². The SMILES string of the molecule is COCc1nc(C(NC(=O)CC(c2cc(OC)c(OC)c(OC)c2)c2c(O)cc3c(c2O)C(=O)O[C@@H](C)CCCC(=O)CCCC=C3)c2ccc(OC)cc2)n[nH]1. The number of methoxy groups -OCH3 is 5. The van der Waals surface area contributed by atoms with Gasteiger partial charge >= 0.3 is 5.97 Å². The number of nitrogens with zero attached hydrogens (tertiary/aromatic N) is 2. The summed E-state index contributed by atoms with van der Waals surface area (Å²) in [7, 11) is 7.41. The maximum atomic E-state index is 14.4.